The molecule has 0 radical (unpaired) electrons. The number of carbonyl (C=O) groups is 1. The molecular weight excluding hydrogens is 286 g/mol. The largest absolute Gasteiger partial charge is 0.484 e. The van der Waals surface area contributed by atoms with Crippen molar-refractivity contribution in [3.8, 4) is 5.75 Å². The van der Waals surface area contributed by atoms with Crippen LogP contribution in [0.25, 0.3) is 0 Å². The number of benzene rings is 2. The standard InChI is InChI=1S/C20H25NO2/c1-13(2)17-7-6-8-18(11-17)23-12-19(22)21-20-15(4)9-14(3)10-16(20)5/h6-11,13H,12H2,1-5H3,(H,21,22). The summed E-state index contributed by atoms with van der Waals surface area (Å²) in [6.07, 6.45) is 0. The Morgan fingerprint density at radius 3 is 2.35 bits per heavy atom. The maximum atomic E-state index is 12.2. The zero-order chi connectivity index (χ0) is 17.0. The second-order valence-electron chi connectivity index (χ2n) is 6.34. The fraction of sp³-hybridized carbons (Fsp3) is 0.350. The zero-order valence-corrected chi connectivity index (χ0v) is 14.6. The van der Waals surface area contributed by atoms with Crippen LogP contribution in [-0.4, -0.2) is 12.5 Å². The van der Waals surface area contributed by atoms with Gasteiger partial charge in [-0.3, -0.25) is 4.79 Å². The molecule has 0 aliphatic carbocycles. The Hall–Kier alpha value is -2.29. The summed E-state index contributed by atoms with van der Waals surface area (Å²) < 4.78 is 5.62. The first-order valence-electron chi connectivity index (χ1n) is 7.97. The first-order valence-corrected chi connectivity index (χ1v) is 7.97. The van der Waals surface area contributed by atoms with Crippen molar-refractivity contribution in [1.82, 2.24) is 0 Å². The van der Waals surface area contributed by atoms with Gasteiger partial charge in [0.05, 0.1) is 0 Å². The first kappa shape index (κ1) is 17.1. The van der Waals surface area contributed by atoms with Crippen LogP contribution in [0.15, 0.2) is 36.4 Å². The number of anilines is 1. The minimum Gasteiger partial charge on any atom is -0.484 e. The van der Waals surface area contributed by atoms with Crippen molar-refractivity contribution in [2.24, 2.45) is 0 Å². The Labute approximate surface area is 138 Å². The first-order chi connectivity index (χ1) is 10.9. The monoisotopic (exact) mass is 311 g/mol. The normalized spacial score (nSPS) is 10.7. The molecule has 1 N–H and O–H groups in total. The van der Waals surface area contributed by atoms with E-state index in [1.165, 1.54) is 11.1 Å². The lowest BCUT2D eigenvalue weighted by molar-refractivity contribution is -0.118. The lowest BCUT2D eigenvalue weighted by Crippen LogP contribution is -2.21. The topological polar surface area (TPSA) is 38.3 Å². The molecule has 0 unspecified atom stereocenters. The van der Waals surface area contributed by atoms with Gasteiger partial charge in [-0.1, -0.05) is 43.7 Å². The van der Waals surface area contributed by atoms with Crippen LogP contribution < -0.4 is 10.1 Å². The fourth-order valence-corrected chi connectivity index (χ4v) is 2.67. The molecule has 2 aromatic carbocycles. The molecule has 3 heteroatoms. The van der Waals surface area contributed by atoms with Crippen molar-refractivity contribution >= 4 is 11.6 Å². The van der Waals surface area contributed by atoms with Crippen LogP contribution in [0, 0.1) is 20.8 Å². The SMILES string of the molecule is Cc1cc(C)c(NC(=O)COc2cccc(C(C)C)c2)c(C)c1. The van der Waals surface area contributed by atoms with E-state index in [0.717, 1.165) is 22.6 Å². The lowest BCUT2D eigenvalue weighted by atomic mass is 10.0. The molecule has 0 heterocycles. The lowest BCUT2D eigenvalue weighted by Gasteiger charge is -2.14. The molecule has 0 saturated carbocycles. The van der Waals surface area contributed by atoms with Crippen molar-refractivity contribution in [3.63, 3.8) is 0 Å². The summed E-state index contributed by atoms with van der Waals surface area (Å²) in [6.45, 7) is 10.3. The Morgan fingerprint density at radius 1 is 1.09 bits per heavy atom. The van der Waals surface area contributed by atoms with Gasteiger partial charge in [-0.25, -0.2) is 0 Å². The van der Waals surface area contributed by atoms with Crippen molar-refractivity contribution in [1.29, 1.82) is 0 Å². The number of hydrogen-bond acceptors (Lipinski definition) is 2. The van der Waals surface area contributed by atoms with E-state index in [4.69, 9.17) is 4.74 Å². The molecule has 0 atom stereocenters. The van der Waals surface area contributed by atoms with Crippen LogP contribution in [0.2, 0.25) is 0 Å². The number of rotatable bonds is 5. The van der Waals surface area contributed by atoms with Crippen LogP contribution in [0.1, 0.15) is 42.0 Å². The third-order valence-electron chi connectivity index (χ3n) is 3.84. The van der Waals surface area contributed by atoms with E-state index in [2.05, 4.69) is 44.3 Å². The molecule has 2 aromatic rings. The third-order valence-corrected chi connectivity index (χ3v) is 3.84. The van der Waals surface area contributed by atoms with Crippen molar-refractivity contribution < 1.29 is 9.53 Å². The van der Waals surface area contributed by atoms with Gasteiger partial charge in [0.2, 0.25) is 0 Å². The number of carbonyl (C=O) groups excluding carboxylic acids is 1. The molecule has 0 spiro atoms. The van der Waals surface area contributed by atoms with E-state index < -0.39 is 0 Å². The Kier molecular flexibility index (Phi) is 5.43. The highest BCUT2D eigenvalue weighted by Crippen LogP contribution is 2.22. The average molecular weight is 311 g/mol. The quantitative estimate of drug-likeness (QED) is 0.865. The molecule has 23 heavy (non-hydrogen) atoms. The van der Waals surface area contributed by atoms with Gasteiger partial charge in [0.25, 0.3) is 5.91 Å². The van der Waals surface area contributed by atoms with E-state index in [1.807, 2.05) is 32.0 Å². The summed E-state index contributed by atoms with van der Waals surface area (Å²) in [4.78, 5) is 12.2. The summed E-state index contributed by atoms with van der Waals surface area (Å²) in [6, 6.07) is 12.0. The highest BCUT2D eigenvalue weighted by Gasteiger charge is 2.09. The predicted octanol–water partition coefficient (Wildman–Crippen LogP) is 4.75. The minimum absolute atomic E-state index is 0.00824. The van der Waals surface area contributed by atoms with Crippen LogP contribution in [-0.2, 0) is 4.79 Å². The summed E-state index contributed by atoms with van der Waals surface area (Å²) in [5, 5.41) is 2.95. The molecule has 0 aliphatic heterocycles. The maximum Gasteiger partial charge on any atom is 0.262 e. The van der Waals surface area contributed by atoms with Crippen molar-refractivity contribution in [2.45, 2.75) is 40.5 Å². The third kappa shape index (κ3) is 4.59. The summed E-state index contributed by atoms with van der Waals surface area (Å²) in [5.41, 5.74) is 5.41. The molecule has 0 aromatic heterocycles. The zero-order valence-electron chi connectivity index (χ0n) is 14.6. The van der Waals surface area contributed by atoms with Gasteiger partial charge in [0.15, 0.2) is 6.61 Å². The number of aryl methyl sites for hydroxylation is 3. The van der Waals surface area contributed by atoms with Crippen LogP contribution in [0.4, 0.5) is 5.69 Å². The Bertz CT molecular complexity index is 682. The highest BCUT2D eigenvalue weighted by atomic mass is 16.5. The van der Waals surface area contributed by atoms with E-state index in [9.17, 15) is 4.79 Å². The van der Waals surface area contributed by atoms with E-state index >= 15 is 0 Å². The summed E-state index contributed by atoms with van der Waals surface area (Å²) >= 11 is 0. The highest BCUT2D eigenvalue weighted by molar-refractivity contribution is 5.93. The molecule has 1 amide bonds. The van der Waals surface area contributed by atoms with Crippen molar-refractivity contribution in [3.05, 3.63) is 58.7 Å². The van der Waals surface area contributed by atoms with E-state index in [-0.39, 0.29) is 12.5 Å². The second kappa shape index (κ2) is 7.32. The maximum absolute atomic E-state index is 12.2. The Morgan fingerprint density at radius 2 is 1.74 bits per heavy atom. The molecule has 0 aliphatic rings. The van der Waals surface area contributed by atoms with Crippen LogP contribution >= 0.6 is 0 Å². The smallest absolute Gasteiger partial charge is 0.262 e. The van der Waals surface area contributed by atoms with Crippen molar-refractivity contribution in [2.75, 3.05) is 11.9 Å². The number of ether oxygens (including phenoxy) is 1. The van der Waals surface area contributed by atoms with Crippen LogP contribution in [0.5, 0.6) is 5.75 Å². The molecule has 122 valence electrons. The molecule has 0 bridgehead atoms. The average Bonchev–Trinajstić information content (AvgIpc) is 2.49. The van der Waals surface area contributed by atoms with Gasteiger partial charge in [-0.05, 0) is 55.5 Å². The minimum atomic E-state index is -0.144. The Balaban J connectivity index is 2.00. The number of hydrogen-bond donors (Lipinski definition) is 1. The van der Waals surface area contributed by atoms with Gasteiger partial charge in [0.1, 0.15) is 5.75 Å². The molecule has 3 nitrogen and oxygen atoms in total. The summed E-state index contributed by atoms with van der Waals surface area (Å²) in [5.74, 6) is 1.02. The second-order valence-corrected chi connectivity index (χ2v) is 6.34. The summed E-state index contributed by atoms with van der Waals surface area (Å²) in [7, 11) is 0. The number of nitrogens with one attached hydrogen (secondary N) is 1. The van der Waals surface area contributed by atoms with Crippen LogP contribution in [0.3, 0.4) is 0 Å². The molecule has 0 saturated heterocycles. The van der Waals surface area contributed by atoms with Gasteiger partial charge in [0, 0.05) is 5.69 Å². The van der Waals surface area contributed by atoms with Gasteiger partial charge >= 0.3 is 0 Å². The predicted molar refractivity (Wildman–Crippen MR) is 95.3 cm³/mol. The molecule has 2 rings (SSSR count). The number of amides is 1. The van der Waals surface area contributed by atoms with Gasteiger partial charge in [-0.2, -0.15) is 0 Å². The molecular formula is C20H25NO2. The van der Waals surface area contributed by atoms with E-state index in [0.29, 0.717) is 5.92 Å². The fourth-order valence-electron chi connectivity index (χ4n) is 2.67. The van der Waals surface area contributed by atoms with Gasteiger partial charge in [-0.15, -0.1) is 0 Å². The van der Waals surface area contributed by atoms with E-state index in [1.54, 1.807) is 0 Å². The van der Waals surface area contributed by atoms with Gasteiger partial charge < -0.3 is 10.1 Å². The molecule has 0 fully saturated rings.